The second-order valence-corrected chi connectivity index (χ2v) is 5.50. The van der Waals surface area contributed by atoms with Crippen LogP contribution in [0, 0.1) is 0 Å². The van der Waals surface area contributed by atoms with E-state index < -0.39 is 24.5 Å². The zero-order valence-corrected chi connectivity index (χ0v) is 12.0. The van der Waals surface area contributed by atoms with Gasteiger partial charge in [-0.1, -0.05) is 0 Å². The van der Waals surface area contributed by atoms with Crippen molar-refractivity contribution >= 4 is 28.9 Å². The van der Waals surface area contributed by atoms with Crippen LogP contribution in [0.2, 0.25) is 0 Å². The molecule has 3 heterocycles. The van der Waals surface area contributed by atoms with Crippen LogP contribution in [0.3, 0.4) is 0 Å². The zero-order chi connectivity index (χ0) is 15.2. The molecule has 0 saturated carbocycles. The van der Waals surface area contributed by atoms with E-state index in [2.05, 4.69) is 15.0 Å². The number of aliphatic hydroxyl groups is 3. The third-order valence-corrected chi connectivity index (χ3v) is 4.21. The maximum absolute atomic E-state index is 10.2. The second kappa shape index (κ2) is 5.07. The quantitative estimate of drug-likeness (QED) is 0.395. The summed E-state index contributed by atoms with van der Waals surface area (Å²) in [6.45, 7) is -0.646. The standard InChI is InChI=1S/C11H15N5O4S/c1-21-9-6-8(14-10(12)15-9)16(4-13-6)11(3-17)7(19)5(18)2-20-11/h4-5,7,17-19H,2-3H2,1H3,(H2,12,14,15)/t5-,7-,11-/m0/s1. The summed E-state index contributed by atoms with van der Waals surface area (Å²) in [5.41, 5.74) is 4.96. The van der Waals surface area contributed by atoms with Crippen molar-refractivity contribution in [2.75, 3.05) is 25.2 Å². The van der Waals surface area contributed by atoms with Crippen LogP contribution in [0.4, 0.5) is 5.95 Å². The molecule has 0 unspecified atom stereocenters. The number of aromatic nitrogens is 4. The van der Waals surface area contributed by atoms with E-state index in [1.165, 1.54) is 22.7 Å². The molecule has 5 N–H and O–H groups in total. The molecule has 3 atom stereocenters. The highest BCUT2D eigenvalue weighted by molar-refractivity contribution is 7.98. The monoisotopic (exact) mass is 313 g/mol. The SMILES string of the molecule is CSc1nc(N)nc2c1ncn2[C@@]1(CO)OC[C@H](O)[C@@H]1O. The third kappa shape index (κ3) is 1.99. The molecule has 114 valence electrons. The van der Waals surface area contributed by atoms with Gasteiger partial charge in [-0.05, 0) is 6.26 Å². The van der Waals surface area contributed by atoms with Crippen molar-refractivity contribution in [1.82, 2.24) is 19.5 Å². The maximum atomic E-state index is 10.2. The fourth-order valence-electron chi connectivity index (χ4n) is 2.44. The first-order valence-electron chi connectivity index (χ1n) is 6.19. The van der Waals surface area contributed by atoms with E-state index in [-0.39, 0.29) is 12.6 Å². The average Bonchev–Trinajstić information content (AvgIpc) is 3.02. The predicted octanol–water partition coefficient (Wildman–Crippen LogP) is -1.47. The first-order valence-corrected chi connectivity index (χ1v) is 7.42. The molecular weight excluding hydrogens is 298 g/mol. The van der Waals surface area contributed by atoms with Gasteiger partial charge in [0.1, 0.15) is 22.8 Å². The molecule has 0 aromatic carbocycles. The second-order valence-electron chi connectivity index (χ2n) is 4.70. The Labute approximate surface area is 123 Å². The van der Waals surface area contributed by atoms with Crippen molar-refractivity contribution in [2.24, 2.45) is 0 Å². The molecule has 1 aliphatic rings. The Morgan fingerprint density at radius 2 is 2.29 bits per heavy atom. The number of rotatable bonds is 3. The summed E-state index contributed by atoms with van der Waals surface area (Å²) in [6.07, 6.45) is 0.797. The molecule has 1 saturated heterocycles. The lowest BCUT2D eigenvalue weighted by atomic mass is 10.1. The van der Waals surface area contributed by atoms with Crippen LogP contribution < -0.4 is 5.73 Å². The van der Waals surface area contributed by atoms with Gasteiger partial charge < -0.3 is 25.8 Å². The van der Waals surface area contributed by atoms with Gasteiger partial charge in [-0.3, -0.25) is 4.57 Å². The van der Waals surface area contributed by atoms with Gasteiger partial charge in [-0.2, -0.15) is 4.98 Å². The Bertz CT molecular complexity index is 680. The molecule has 0 bridgehead atoms. The first kappa shape index (κ1) is 14.5. The van der Waals surface area contributed by atoms with E-state index >= 15 is 0 Å². The Morgan fingerprint density at radius 3 is 2.86 bits per heavy atom. The van der Waals surface area contributed by atoms with E-state index in [1.54, 1.807) is 0 Å². The van der Waals surface area contributed by atoms with Gasteiger partial charge in [0.25, 0.3) is 0 Å². The molecule has 3 rings (SSSR count). The smallest absolute Gasteiger partial charge is 0.223 e. The summed E-state index contributed by atoms with van der Waals surface area (Å²) >= 11 is 1.35. The summed E-state index contributed by atoms with van der Waals surface area (Å²) in [6, 6.07) is 0. The van der Waals surface area contributed by atoms with Crippen molar-refractivity contribution < 1.29 is 20.1 Å². The van der Waals surface area contributed by atoms with Crippen LogP contribution in [0.25, 0.3) is 11.2 Å². The highest BCUT2D eigenvalue weighted by Gasteiger charge is 2.51. The topological polar surface area (TPSA) is 140 Å². The highest BCUT2D eigenvalue weighted by atomic mass is 32.2. The van der Waals surface area contributed by atoms with Crippen molar-refractivity contribution in [3.63, 3.8) is 0 Å². The van der Waals surface area contributed by atoms with Crippen LogP contribution in [-0.4, -0.2) is 66.5 Å². The number of hydrogen-bond acceptors (Lipinski definition) is 9. The fraction of sp³-hybridized carbons (Fsp3) is 0.545. The van der Waals surface area contributed by atoms with E-state index in [0.29, 0.717) is 16.2 Å². The molecule has 1 fully saturated rings. The van der Waals surface area contributed by atoms with Crippen LogP contribution in [0.5, 0.6) is 0 Å². The Hall–Kier alpha value is -1.46. The van der Waals surface area contributed by atoms with Gasteiger partial charge in [0.05, 0.1) is 19.5 Å². The Balaban J connectivity index is 2.23. The van der Waals surface area contributed by atoms with Crippen LogP contribution in [-0.2, 0) is 10.5 Å². The summed E-state index contributed by atoms with van der Waals surface area (Å²) in [7, 11) is 0. The van der Waals surface area contributed by atoms with Crippen molar-refractivity contribution in [2.45, 2.75) is 23.0 Å². The average molecular weight is 313 g/mol. The third-order valence-electron chi connectivity index (χ3n) is 3.54. The molecule has 0 aliphatic carbocycles. The Morgan fingerprint density at radius 1 is 1.52 bits per heavy atom. The minimum absolute atomic E-state index is 0.0507. The largest absolute Gasteiger partial charge is 0.391 e. The number of thioether (sulfide) groups is 1. The van der Waals surface area contributed by atoms with E-state index in [1.807, 2.05) is 6.26 Å². The number of nitrogen functional groups attached to an aromatic ring is 1. The molecule has 1 aliphatic heterocycles. The molecule has 0 radical (unpaired) electrons. The van der Waals surface area contributed by atoms with Gasteiger partial charge in [0.2, 0.25) is 5.95 Å². The minimum Gasteiger partial charge on any atom is -0.391 e. The maximum Gasteiger partial charge on any atom is 0.223 e. The molecule has 0 amide bonds. The van der Waals surface area contributed by atoms with Gasteiger partial charge >= 0.3 is 0 Å². The molecule has 2 aromatic heterocycles. The fourth-order valence-corrected chi connectivity index (χ4v) is 2.97. The number of hydrogen-bond donors (Lipinski definition) is 4. The number of imidazole rings is 1. The minimum atomic E-state index is -1.54. The highest BCUT2D eigenvalue weighted by Crippen LogP contribution is 2.35. The molecule has 0 spiro atoms. The lowest BCUT2D eigenvalue weighted by Crippen LogP contribution is -2.48. The molecule has 10 heteroatoms. The van der Waals surface area contributed by atoms with Crippen LogP contribution in [0.15, 0.2) is 11.4 Å². The van der Waals surface area contributed by atoms with E-state index in [0.717, 1.165) is 0 Å². The summed E-state index contributed by atoms with van der Waals surface area (Å²) in [4.78, 5) is 12.4. The van der Waals surface area contributed by atoms with Gasteiger partial charge in [0, 0.05) is 0 Å². The number of nitrogens with two attached hydrogens (primary N) is 1. The van der Waals surface area contributed by atoms with Crippen molar-refractivity contribution in [3.05, 3.63) is 6.33 Å². The van der Waals surface area contributed by atoms with Gasteiger partial charge in [0.15, 0.2) is 11.4 Å². The lowest BCUT2D eigenvalue weighted by Gasteiger charge is -2.31. The first-order chi connectivity index (χ1) is 10.0. The molecule has 9 nitrogen and oxygen atoms in total. The lowest BCUT2D eigenvalue weighted by molar-refractivity contribution is -0.149. The van der Waals surface area contributed by atoms with Crippen LogP contribution in [0.1, 0.15) is 0 Å². The Kier molecular flexibility index (Phi) is 3.50. The van der Waals surface area contributed by atoms with Crippen molar-refractivity contribution in [1.29, 1.82) is 0 Å². The normalized spacial score (nSPS) is 29.3. The zero-order valence-electron chi connectivity index (χ0n) is 11.2. The number of ether oxygens (including phenoxy) is 1. The van der Waals surface area contributed by atoms with E-state index in [9.17, 15) is 15.3 Å². The summed E-state index contributed by atoms with van der Waals surface area (Å²) in [5.74, 6) is 0.0507. The van der Waals surface area contributed by atoms with Crippen molar-refractivity contribution in [3.8, 4) is 0 Å². The number of anilines is 1. The van der Waals surface area contributed by atoms with E-state index in [4.69, 9.17) is 10.5 Å². The molecule has 2 aromatic rings. The predicted molar refractivity (Wildman–Crippen MR) is 74.5 cm³/mol. The molecule has 21 heavy (non-hydrogen) atoms. The molecular formula is C11H15N5O4S. The van der Waals surface area contributed by atoms with Gasteiger partial charge in [-0.25, -0.2) is 9.97 Å². The summed E-state index contributed by atoms with van der Waals surface area (Å²) < 4.78 is 6.83. The number of aliphatic hydroxyl groups excluding tert-OH is 3. The number of fused-ring (bicyclic) bond motifs is 1. The number of nitrogens with zero attached hydrogens (tertiary/aromatic N) is 4. The van der Waals surface area contributed by atoms with Crippen LogP contribution >= 0.6 is 11.8 Å². The summed E-state index contributed by atoms with van der Waals surface area (Å²) in [5, 5.41) is 30.2. The van der Waals surface area contributed by atoms with Gasteiger partial charge in [-0.15, -0.1) is 11.8 Å².